The highest BCUT2D eigenvalue weighted by atomic mass is 16.5. The van der Waals surface area contributed by atoms with Crippen LogP contribution in [0.3, 0.4) is 0 Å². The number of carbonyl (C=O) groups is 1. The van der Waals surface area contributed by atoms with Gasteiger partial charge in [-0.3, -0.25) is 0 Å². The third-order valence-electron chi connectivity index (χ3n) is 3.18. The topological polar surface area (TPSA) is 75.6 Å². The molecule has 104 valence electrons. The second kappa shape index (κ2) is 5.52. The summed E-state index contributed by atoms with van der Waals surface area (Å²) < 4.78 is 5.37. The van der Waals surface area contributed by atoms with Crippen LogP contribution >= 0.6 is 0 Å². The Labute approximate surface area is 112 Å². The van der Waals surface area contributed by atoms with Gasteiger partial charge in [-0.05, 0) is 6.92 Å². The first kappa shape index (κ1) is 13.7. The lowest BCUT2D eigenvalue weighted by Gasteiger charge is -2.35. The van der Waals surface area contributed by atoms with E-state index in [0.717, 1.165) is 0 Å². The molecule has 0 radical (unpaired) electrons. The van der Waals surface area contributed by atoms with Crippen LogP contribution < -0.4 is 4.90 Å². The molecule has 0 saturated carbocycles. The third-order valence-corrected chi connectivity index (χ3v) is 3.18. The summed E-state index contributed by atoms with van der Waals surface area (Å²) in [5.41, 5.74) is 0.653. The van der Waals surface area contributed by atoms with E-state index < -0.39 is 5.97 Å². The van der Waals surface area contributed by atoms with E-state index in [9.17, 15) is 9.90 Å². The van der Waals surface area contributed by atoms with Gasteiger partial charge in [0.1, 0.15) is 5.82 Å². The van der Waals surface area contributed by atoms with Crippen LogP contribution in [0.4, 0.5) is 5.69 Å². The monoisotopic (exact) mass is 265 g/mol. The predicted octanol–water partition coefficient (Wildman–Crippen LogP) is 1.52. The Morgan fingerprint density at radius 2 is 2.32 bits per heavy atom. The maximum Gasteiger partial charge on any atom is 0.356 e. The Kier molecular flexibility index (Phi) is 3.99. The van der Waals surface area contributed by atoms with Gasteiger partial charge in [-0.15, -0.1) is 0 Å². The van der Waals surface area contributed by atoms with Crippen molar-refractivity contribution in [3.63, 3.8) is 0 Å². The molecule has 6 nitrogen and oxygen atoms in total. The Morgan fingerprint density at radius 1 is 1.58 bits per heavy atom. The number of nitrogens with zero attached hydrogens (tertiary/aromatic N) is 3. The van der Waals surface area contributed by atoms with E-state index in [-0.39, 0.29) is 17.7 Å². The molecule has 0 bridgehead atoms. The second-order valence-electron chi connectivity index (χ2n) is 5.04. The molecule has 0 aliphatic carbocycles. The normalized spacial score (nSPS) is 19.8. The SMILES string of the molecule is CC(C)c1ncc(N2CCOCC2C)c(C(=O)O)n1. The molecular formula is C13H19N3O3. The molecule has 0 aromatic carbocycles. The quantitative estimate of drug-likeness (QED) is 0.893. The number of carboxylic acids is 1. The van der Waals surface area contributed by atoms with Crippen LogP contribution in [0, 0.1) is 0 Å². The van der Waals surface area contributed by atoms with Gasteiger partial charge in [0.25, 0.3) is 0 Å². The number of ether oxygens (including phenoxy) is 1. The van der Waals surface area contributed by atoms with E-state index in [2.05, 4.69) is 9.97 Å². The molecule has 1 fully saturated rings. The number of aromatic carboxylic acids is 1. The Morgan fingerprint density at radius 3 is 2.89 bits per heavy atom. The zero-order chi connectivity index (χ0) is 14.0. The molecule has 1 aliphatic heterocycles. The first-order valence-corrected chi connectivity index (χ1v) is 6.45. The lowest BCUT2D eigenvalue weighted by Crippen LogP contribution is -2.44. The van der Waals surface area contributed by atoms with E-state index >= 15 is 0 Å². The van der Waals surface area contributed by atoms with Gasteiger partial charge in [0, 0.05) is 18.5 Å². The summed E-state index contributed by atoms with van der Waals surface area (Å²) in [7, 11) is 0. The smallest absolute Gasteiger partial charge is 0.356 e. The van der Waals surface area contributed by atoms with Gasteiger partial charge in [0.15, 0.2) is 5.69 Å². The third kappa shape index (κ3) is 2.84. The zero-order valence-corrected chi connectivity index (χ0v) is 11.5. The highest BCUT2D eigenvalue weighted by molar-refractivity contribution is 5.92. The minimum atomic E-state index is -1.02. The standard InChI is InChI=1S/C13H19N3O3/c1-8(2)12-14-6-10(11(15-12)13(17)18)16-4-5-19-7-9(16)3/h6,8-9H,4-5,7H2,1-3H3,(H,17,18). The van der Waals surface area contributed by atoms with Crippen LogP contribution in [-0.4, -0.2) is 46.8 Å². The molecule has 19 heavy (non-hydrogen) atoms. The van der Waals surface area contributed by atoms with Crippen molar-refractivity contribution in [3.05, 3.63) is 17.7 Å². The van der Waals surface area contributed by atoms with Crippen molar-refractivity contribution < 1.29 is 14.6 Å². The van der Waals surface area contributed by atoms with Crippen LogP contribution in [-0.2, 0) is 4.74 Å². The Bertz CT molecular complexity index is 476. The van der Waals surface area contributed by atoms with Crippen molar-refractivity contribution in [2.45, 2.75) is 32.7 Å². The zero-order valence-electron chi connectivity index (χ0n) is 11.5. The average molecular weight is 265 g/mol. The van der Waals surface area contributed by atoms with Gasteiger partial charge >= 0.3 is 5.97 Å². The molecule has 1 atom stereocenters. The molecular weight excluding hydrogens is 246 g/mol. The Hall–Kier alpha value is -1.69. The number of morpholine rings is 1. The summed E-state index contributed by atoms with van der Waals surface area (Å²) >= 11 is 0. The summed E-state index contributed by atoms with van der Waals surface area (Å²) in [6.45, 7) is 7.73. The predicted molar refractivity (Wildman–Crippen MR) is 70.7 cm³/mol. The van der Waals surface area contributed by atoms with Crippen LogP contribution in [0.1, 0.15) is 43.0 Å². The molecule has 2 rings (SSSR count). The van der Waals surface area contributed by atoms with E-state index in [0.29, 0.717) is 31.3 Å². The van der Waals surface area contributed by atoms with Crippen molar-refractivity contribution in [3.8, 4) is 0 Å². The lowest BCUT2D eigenvalue weighted by molar-refractivity contribution is 0.0687. The molecule has 1 N–H and O–H groups in total. The Balaban J connectivity index is 2.41. The lowest BCUT2D eigenvalue weighted by atomic mass is 10.1. The van der Waals surface area contributed by atoms with Crippen LogP contribution in [0.2, 0.25) is 0 Å². The van der Waals surface area contributed by atoms with Crippen molar-refractivity contribution in [2.75, 3.05) is 24.7 Å². The first-order valence-electron chi connectivity index (χ1n) is 6.45. The minimum absolute atomic E-state index is 0.0763. The molecule has 6 heteroatoms. The molecule has 1 aliphatic rings. The molecule has 0 spiro atoms. The van der Waals surface area contributed by atoms with Gasteiger partial charge in [-0.2, -0.15) is 0 Å². The number of carboxylic acid groups (broad SMARTS) is 1. The van der Waals surface area contributed by atoms with Gasteiger partial charge in [0.2, 0.25) is 0 Å². The molecule has 1 saturated heterocycles. The number of anilines is 1. The van der Waals surface area contributed by atoms with Gasteiger partial charge in [-0.1, -0.05) is 13.8 Å². The first-order chi connectivity index (χ1) is 9.00. The summed E-state index contributed by atoms with van der Waals surface area (Å²) in [6.07, 6.45) is 1.62. The molecule has 1 unspecified atom stereocenters. The maximum absolute atomic E-state index is 11.4. The van der Waals surface area contributed by atoms with Crippen molar-refractivity contribution >= 4 is 11.7 Å². The summed E-state index contributed by atoms with van der Waals surface area (Å²) in [5.74, 6) is -0.352. The number of hydrogen-bond donors (Lipinski definition) is 1. The highest BCUT2D eigenvalue weighted by Crippen LogP contribution is 2.24. The van der Waals surface area contributed by atoms with E-state index in [1.807, 2.05) is 25.7 Å². The summed E-state index contributed by atoms with van der Waals surface area (Å²) in [5, 5.41) is 9.34. The molecule has 1 aromatic rings. The average Bonchev–Trinajstić information content (AvgIpc) is 2.38. The number of aromatic nitrogens is 2. The number of hydrogen-bond acceptors (Lipinski definition) is 5. The fraction of sp³-hybridized carbons (Fsp3) is 0.615. The van der Waals surface area contributed by atoms with Crippen molar-refractivity contribution in [2.24, 2.45) is 0 Å². The van der Waals surface area contributed by atoms with E-state index in [1.165, 1.54) is 0 Å². The van der Waals surface area contributed by atoms with Gasteiger partial charge < -0.3 is 14.7 Å². The van der Waals surface area contributed by atoms with Crippen LogP contribution in [0.15, 0.2) is 6.20 Å². The fourth-order valence-corrected chi connectivity index (χ4v) is 2.12. The molecule has 2 heterocycles. The fourth-order valence-electron chi connectivity index (χ4n) is 2.12. The maximum atomic E-state index is 11.4. The molecule has 1 aromatic heterocycles. The second-order valence-corrected chi connectivity index (χ2v) is 5.04. The van der Waals surface area contributed by atoms with E-state index in [4.69, 9.17) is 4.74 Å². The minimum Gasteiger partial charge on any atom is -0.476 e. The highest BCUT2D eigenvalue weighted by Gasteiger charge is 2.25. The van der Waals surface area contributed by atoms with Crippen molar-refractivity contribution in [1.82, 2.24) is 9.97 Å². The van der Waals surface area contributed by atoms with Crippen LogP contribution in [0.25, 0.3) is 0 Å². The largest absolute Gasteiger partial charge is 0.476 e. The van der Waals surface area contributed by atoms with E-state index in [1.54, 1.807) is 6.20 Å². The van der Waals surface area contributed by atoms with Gasteiger partial charge in [-0.25, -0.2) is 14.8 Å². The molecule has 0 amide bonds. The summed E-state index contributed by atoms with van der Waals surface area (Å²) in [6, 6.07) is 0.125. The van der Waals surface area contributed by atoms with Crippen LogP contribution in [0.5, 0.6) is 0 Å². The van der Waals surface area contributed by atoms with Crippen molar-refractivity contribution in [1.29, 1.82) is 0 Å². The number of rotatable bonds is 3. The van der Waals surface area contributed by atoms with Gasteiger partial charge in [0.05, 0.1) is 25.1 Å². The summed E-state index contributed by atoms with van der Waals surface area (Å²) in [4.78, 5) is 21.9.